The van der Waals surface area contributed by atoms with Gasteiger partial charge in [0.05, 0.1) is 4.90 Å². The second kappa shape index (κ2) is 5.89. The Labute approximate surface area is 103 Å². The third-order valence-corrected chi connectivity index (χ3v) is 3.55. The molecule has 0 aliphatic rings. The van der Waals surface area contributed by atoms with Crippen LogP contribution in [0.3, 0.4) is 0 Å². The molecule has 1 aromatic carbocycles. The smallest absolute Gasteiger partial charge is 0.334 e. The lowest BCUT2D eigenvalue weighted by atomic mass is 10.4. The minimum absolute atomic E-state index is 0.275. The lowest BCUT2D eigenvalue weighted by molar-refractivity contribution is -0.147. The average molecular weight is 277 g/mol. The molecule has 0 amide bonds. The van der Waals surface area contributed by atoms with Crippen LogP contribution in [0.4, 0.5) is 4.39 Å². The predicted molar refractivity (Wildman–Crippen MR) is 60.0 cm³/mol. The highest BCUT2D eigenvalue weighted by molar-refractivity contribution is 7.89. The first-order valence-electron chi connectivity index (χ1n) is 4.87. The van der Waals surface area contributed by atoms with Gasteiger partial charge in [0.25, 0.3) is 0 Å². The summed E-state index contributed by atoms with van der Waals surface area (Å²) in [6.45, 7) is -0.440. The van der Waals surface area contributed by atoms with Gasteiger partial charge >= 0.3 is 5.97 Å². The highest BCUT2D eigenvalue weighted by Crippen LogP contribution is 2.10. The van der Waals surface area contributed by atoms with Gasteiger partial charge in [-0.15, -0.1) is 0 Å². The number of carboxylic acids is 1. The summed E-state index contributed by atoms with van der Waals surface area (Å²) in [6, 6.07) is 4.39. The molecule has 8 heteroatoms. The third kappa shape index (κ3) is 3.76. The number of methoxy groups -OCH3 is 1. The number of carbonyl (C=O) groups is 1. The van der Waals surface area contributed by atoms with E-state index in [2.05, 4.69) is 4.74 Å². The van der Waals surface area contributed by atoms with Crippen LogP contribution in [0, 0.1) is 5.82 Å². The Hall–Kier alpha value is -1.51. The molecule has 0 heterocycles. The molecular weight excluding hydrogens is 265 g/mol. The number of hydrogen-bond donors (Lipinski definition) is 2. The van der Waals surface area contributed by atoms with E-state index in [0.29, 0.717) is 0 Å². The van der Waals surface area contributed by atoms with Gasteiger partial charge in [-0.2, -0.15) is 0 Å². The Kier molecular flexibility index (Phi) is 4.76. The van der Waals surface area contributed by atoms with E-state index in [9.17, 15) is 17.6 Å². The molecule has 0 radical (unpaired) electrons. The van der Waals surface area contributed by atoms with E-state index in [1.54, 1.807) is 0 Å². The number of ether oxygens (including phenoxy) is 1. The molecule has 6 nitrogen and oxygen atoms in total. The Bertz CT molecular complexity index is 531. The maximum atomic E-state index is 12.9. The Morgan fingerprint density at radius 2 is 2.22 bits per heavy atom. The molecule has 100 valence electrons. The quantitative estimate of drug-likeness (QED) is 0.775. The monoisotopic (exact) mass is 277 g/mol. The van der Waals surface area contributed by atoms with Gasteiger partial charge in [0.15, 0.2) is 6.10 Å². The maximum Gasteiger partial charge on any atom is 0.334 e. The van der Waals surface area contributed by atoms with Crippen molar-refractivity contribution in [2.24, 2.45) is 0 Å². The average Bonchev–Trinajstić information content (AvgIpc) is 2.29. The van der Waals surface area contributed by atoms with Crippen LogP contribution in [0.2, 0.25) is 0 Å². The summed E-state index contributed by atoms with van der Waals surface area (Å²) in [5, 5.41) is 8.66. The van der Waals surface area contributed by atoms with Gasteiger partial charge in [0, 0.05) is 13.7 Å². The van der Waals surface area contributed by atoms with Gasteiger partial charge in [-0.1, -0.05) is 6.07 Å². The standard InChI is InChI=1S/C10H12FNO5S/c1-17-9(10(13)14)6-12-18(15,16)8-4-2-3-7(11)5-8/h2-5,9,12H,6H2,1H3,(H,13,14). The topological polar surface area (TPSA) is 92.7 Å². The third-order valence-electron chi connectivity index (χ3n) is 2.13. The number of nitrogens with one attached hydrogen (secondary N) is 1. The van der Waals surface area contributed by atoms with Gasteiger partial charge in [-0.25, -0.2) is 22.3 Å². The molecule has 2 N–H and O–H groups in total. The molecule has 0 spiro atoms. The lowest BCUT2D eigenvalue weighted by Crippen LogP contribution is -2.37. The zero-order valence-electron chi connectivity index (χ0n) is 9.46. The fourth-order valence-electron chi connectivity index (χ4n) is 1.17. The van der Waals surface area contributed by atoms with E-state index in [1.165, 1.54) is 12.1 Å². The number of halogens is 1. The Morgan fingerprint density at radius 3 is 2.72 bits per heavy atom. The minimum atomic E-state index is -3.95. The molecule has 1 aromatic rings. The first-order chi connectivity index (χ1) is 8.36. The fourth-order valence-corrected chi connectivity index (χ4v) is 2.24. The van der Waals surface area contributed by atoms with Crippen molar-refractivity contribution in [3.05, 3.63) is 30.1 Å². The van der Waals surface area contributed by atoms with Gasteiger partial charge in [-0.05, 0) is 18.2 Å². The van der Waals surface area contributed by atoms with E-state index in [-0.39, 0.29) is 4.90 Å². The highest BCUT2D eigenvalue weighted by Gasteiger charge is 2.21. The number of rotatable bonds is 6. The fraction of sp³-hybridized carbons (Fsp3) is 0.300. The van der Waals surface area contributed by atoms with E-state index in [4.69, 9.17) is 5.11 Å². The molecule has 0 aliphatic carbocycles. The first-order valence-corrected chi connectivity index (χ1v) is 6.36. The normalized spacial score (nSPS) is 13.2. The van der Waals surface area contributed by atoms with Crippen LogP contribution in [-0.4, -0.2) is 39.3 Å². The molecule has 1 rings (SSSR count). The zero-order chi connectivity index (χ0) is 13.8. The molecule has 18 heavy (non-hydrogen) atoms. The molecule has 0 saturated carbocycles. The van der Waals surface area contributed by atoms with Crippen LogP contribution in [0.5, 0.6) is 0 Å². The summed E-state index contributed by atoms with van der Waals surface area (Å²) >= 11 is 0. The van der Waals surface area contributed by atoms with Crippen molar-refractivity contribution in [3.63, 3.8) is 0 Å². The van der Waals surface area contributed by atoms with E-state index >= 15 is 0 Å². The largest absolute Gasteiger partial charge is 0.479 e. The number of aliphatic carboxylic acids is 1. The summed E-state index contributed by atoms with van der Waals surface area (Å²) in [5.41, 5.74) is 0. The van der Waals surface area contributed by atoms with Gasteiger partial charge in [0.1, 0.15) is 5.82 Å². The predicted octanol–water partition coefficient (Wildman–Crippen LogP) is 0.204. The number of sulfonamides is 1. The zero-order valence-corrected chi connectivity index (χ0v) is 10.3. The molecule has 0 aliphatic heterocycles. The number of benzene rings is 1. The van der Waals surface area contributed by atoms with Crippen LogP contribution < -0.4 is 4.72 Å². The van der Waals surface area contributed by atoms with Gasteiger partial charge < -0.3 is 9.84 Å². The van der Waals surface area contributed by atoms with Crippen LogP contribution in [-0.2, 0) is 19.6 Å². The van der Waals surface area contributed by atoms with E-state index in [1.807, 2.05) is 4.72 Å². The summed E-state index contributed by atoms with van der Waals surface area (Å²) in [5.74, 6) is -1.99. The van der Waals surface area contributed by atoms with Crippen molar-refractivity contribution in [1.29, 1.82) is 0 Å². The SMILES string of the molecule is COC(CNS(=O)(=O)c1cccc(F)c1)C(=O)O. The number of hydrogen-bond acceptors (Lipinski definition) is 4. The summed E-state index contributed by atoms with van der Waals surface area (Å²) in [6.07, 6.45) is -1.30. The van der Waals surface area contributed by atoms with E-state index in [0.717, 1.165) is 19.2 Å². The number of carboxylic acid groups (broad SMARTS) is 1. The minimum Gasteiger partial charge on any atom is -0.479 e. The summed E-state index contributed by atoms with van der Waals surface area (Å²) < 4.78 is 42.9. The molecular formula is C10H12FNO5S. The van der Waals surface area contributed by atoms with Crippen molar-refractivity contribution in [3.8, 4) is 0 Å². The first kappa shape index (κ1) is 14.6. The Balaban J connectivity index is 2.80. The van der Waals surface area contributed by atoms with Crippen molar-refractivity contribution >= 4 is 16.0 Å². The second-order valence-corrected chi connectivity index (χ2v) is 5.14. The lowest BCUT2D eigenvalue weighted by Gasteiger charge is -2.11. The van der Waals surface area contributed by atoms with E-state index < -0.39 is 34.5 Å². The Morgan fingerprint density at radius 1 is 1.56 bits per heavy atom. The van der Waals surface area contributed by atoms with Crippen LogP contribution in [0.1, 0.15) is 0 Å². The molecule has 0 bridgehead atoms. The van der Waals surface area contributed by atoms with Crippen molar-refractivity contribution in [2.75, 3.05) is 13.7 Å². The van der Waals surface area contributed by atoms with Crippen LogP contribution >= 0.6 is 0 Å². The molecule has 0 aromatic heterocycles. The molecule has 1 atom stereocenters. The van der Waals surface area contributed by atoms with Crippen LogP contribution in [0.15, 0.2) is 29.2 Å². The maximum absolute atomic E-state index is 12.9. The van der Waals surface area contributed by atoms with Crippen molar-refractivity contribution in [2.45, 2.75) is 11.0 Å². The van der Waals surface area contributed by atoms with Crippen molar-refractivity contribution < 1.29 is 27.4 Å². The molecule has 1 unspecified atom stereocenters. The van der Waals surface area contributed by atoms with Crippen LogP contribution in [0.25, 0.3) is 0 Å². The summed E-state index contributed by atoms with van der Waals surface area (Å²) in [7, 11) is -2.81. The molecule has 0 saturated heterocycles. The van der Waals surface area contributed by atoms with Gasteiger partial charge in [-0.3, -0.25) is 0 Å². The second-order valence-electron chi connectivity index (χ2n) is 3.37. The van der Waals surface area contributed by atoms with Crippen molar-refractivity contribution in [1.82, 2.24) is 4.72 Å². The van der Waals surface area contributed by atoms with Gasteiger partial charge in [0.2, 0.25) is 10.0 Å². The highest BCUT2D eigenvalue weighted by atomic mass is 32.2. The molecule has 0 fully saturated rings. The summed E-state index contributed by atoms with van der Waals surface area (Å²) in [4.78, 5) is 10.3.